The zero-order chi connectivity index (χ0) is 29.2. The highest BCUT2D eigenvalue weighted by Gasteiger charge is 2.13. The number of aliphatic carboxylic acids is 1. The number of aromatic amines is 1. The molecular weight excluding hydrogens is 516 g/mol. The van der Waals surface area contributed by atoms with Gasteiger partial charge in [0.05, 0.1) is 0 Å². The summed E-state index contributed by atoms with van der Waals surface area (Å²) >= 11 is 0. The quantitative estimate of drug-likeness (QED) is 0.167. The minimum Gasteiger partial charge on any atom is -0.488 e. The Morgan fingerprint density at radius 1 is 1.00 bits per heavy atom. The number of benzene rings is 3. The van der Waals surface area contributed by atoms with Crippen molar-refractivity contribution < 1.29 is 19.1 Å². The van der Waals surface area contributed by atoms with Crippen LogP contribution in [0.5, 0.6) is 5.75 Å². The number of para-hydroxylation sites is 1. The van der Waals surface area contributed by atoms with E-state index in [4.69, 9.17) is 14.3 Å². The molecule has 1 aromatic heterocycles. The van der Waals surface area contributed by atoms with Gasteiger partial charge in [-0.25, -0.2) is 9.89 Å². The number of carboxylic acids is 1. The monoisotopic (exact) mass is 554 g/mol. The lowest BCUT2D eigenvalue weighted by molar-refractivity contribution is -0.137. The van der Waals surface area contributed by atoms with E-state index in [0.717, 1.165) is 47.3 Å². The maximum Gasteiger partial charge on any atom is 0.434 e. The maximum absolute atomic E-state index is 11.3. The molecule has 4 rings (SSSR count). The van der Waals surface area contributed by atoms with Gasteiger partial charge in [-0.15, -0.1) is 5.10 Å². The Hall–Kier alpha value is -4.39. The van der Waals surface area contributed by atoms with Crippen LogP contribution in [-0.4, -0.2) is 21.3 Å². The highest BCUT2D eigenvalue weighted by Crippen LogP contribution is 2.26. The first-order chi connectivity index (χ1) is 19.7. The molecule has 0 amide bonds. The third-order valence-corrected chi connectivity index (χ3v) is 7.03. The number of carbonyl (C=O) groups is 1. The Kier molecular flexibility index (Phi) is 9.95. The first kappa shape index (κ1) is 29.6. The summed E-state index contributed by atoms with van der Waals surface area (Å²) in [6.45, 7) is 7.10. The van der Waals surface area contributed by atoms with E-state index in [1.54, 1.807) is 0 Å². The van der Waals surface area contributed by atoms with Crippen molar-refractivity contribution in [2.24, 2.45) is 5.92 Å². The van der Waals surface area contributed by atoms with Crippen molar-refractivity contribution in [3.8, 4) is 17.2 Å². The van der Waals surface area contributed by atoms with Crippen LogP contribution in [0, 0.1) is 5.92 Å². The average Bonchev–Trinajstić information content (AvgIpc) is 3.39. The number of ether oxygens (including phenoxy) is 1. The number of unbranched alkanes of at least 4 members (excludes halogenated alkanes) is 1. The van der Waals surface area contributed by atoms with Crippen molar-refractivity contribution >= 4 is 12.0 Å². The molecule has 1 unspecified atom stereocenters. The van der Waals surface area contributed by atoms with Crippen molar-refractivity contribution in [1.82, 2.24) is 10.2 Å². The summed E-state index contributed by atoms with van der Waals surface area (Å²) in [5, 5.41) is 15.2. The smallest absolute Gasteiger partial charge is 0.434 e. The second-order valence-electron chi connectivity index (χ2n) is 11.4. The standard InChI is InChI=1S/C34H38N2O5/c1-34(2,3)29-20-15-26(16-21-29)23-40-30-10-6-5-9-27(30)17-12-24(8-4-7-11-31(37)38)22-25-13-18-28(19-14-25)32-35-36-33(39)41-32/h5-6,9-10,12-21,24H,4,7-8,11,22-23H2,1-3H3,(H,36,39)(H,37,38). The fourth-order valence-electron chi connectivity index (χ4n) is 4.64. The summed E-state index contributed by atoms with van der Waals surface area (Å²) in [7, 11) is 0. The predicted molar refractivity (Wildman–Crippen MR) is 161 cm³/mol. The van der Waals surface area contributed by atoms with Gasteiger partial charge in [-0.3, -0.25) is 4.79 Å². The molecule has 0 aliphatic carbocycles. The van der Waals surface area contributed by atoms with Crippen LogP contribution in [0.25, 0.3) is 17.5 Å². The zero-order valence-electron chi connectivity index (χ0n) is 23.9. The van der Waals surface area contributed by atoms with E-state index in [2.05, 4.69) is 67.4 Å². The number of nitrogens with zero attached hydrogens (tertiary/aromatic N) is 1. The minimum atomic E-state index is -0.767. The van der Waals surface area contributed by atoms with E-state index in [9.17, 15) is 9.59 Å². The molecule has 0 saturated carbocycles. The van der Waals surface area contributed by atoms with Gasteiger partial charge in [-0.05, 0) is 65.5 Å². The minimum absolute atomic E-state index is 0.111. The first-order valence-corrected chi connectivity index (χ1v) is 14.0. The Labute approximate surface area is 240 Å². The maximum atomic E-state index is 11.3. The number of allylic oxidation sites excluding steroid dienone is 1. The van der Waals surface area contributed by atoms with Crippen LogP contribution >= 0.6 is 0 Å². The second kappa shape index (κ2) is 13.8. The number of H-pyrrole nitrogens is 1. The van der Waals surface area contributed by atoms with E-state index < -0.39 is 11.7 Å². The molecule has 7 heteroatoms. The van der Waals surface area contributed by atoms with Crippen LogP contribution in [0.15, 0.2) is 88.1 Å². The lowest BCUT2D eigenvalue weighted by atomic mass is 9.87. The van der Waals surface area contributed by atoms with Crippen LogP contribution in [0.1, 0.15) is 68.7 Å². The van der Waals surface area contributed by atoms with E-state index >= 15 is 0 Å². The fourth-order valence-corrected chi connectivity index (χ4v) is 4.64. The SMILES string of the molecule is CC(C)(C)c1ccc(COc2ccccc2C=CC(CCCCC(=O)O)Cc2ccc(-c3n[nH]c(=O)o3)cc2)cc1. The molecule has 0 fully saturated rings. The second-order valence-corrected chi connectivity index (χ2v) is 11.4. The van der Waals surface area contributed by atoms with E-state index in [1.165, 1.54) is 5.56 Å². The average molecular weight is 555 g/mol. The van der Waals surface area contributed by atoms with Gasteiger partial charge in [-0.2, -0.15) is 0 Å². The van der Waals surface area contributed by atoms with Crippen LogP contribution in [0.4, 0.5) is 0 Å². The van der Waals surface area contributed by atoms with E-state index in [-0.39, 0.29) is 23.6 Å². The van der Waals surface area contributed by atoms with Gasteiger partial charge in [0.1, 0.15) is 12.4 Å². The lowest BCUT2D eigenvalue weighted by Crippen LogP contribution is -2.10. The molecular formula is C34H38N2O5. The molecule has 0 bridgehead atoms. The van der Waals surface area contributed by atoms with Gasteiger partial charge < -0.3 is 14.3 Å². The first-order valence-electron chi connectivity index (χ1n) is 14.0. The van der Waals surface area contributed by atoms with Crippen LogP contribution in [-0.2, 0) is 23.2 Å². The Balaban J connectivity index is 1.45. The molecule has 4 aromatic rings. The molecule has 3 aromatic carbocycles. The van der Waals surface area contributed by atoms with Gasteiger partial charge >= 0.3 is 11.7 Å². The van der Waals surface area contributed by atoms with Gasteiger partial charge in [0.2, 0.25) is 5.89 Å². The molecule has 0 aliphatic rings. The van der Waals surface area contributed by atoms with Gasteiger partial charge in [0, 0.05) is 17.5 Å². The van der Waals surface area contributed by atoms with Crippen molar-refractivity contribution in [3.63, 3.8) is 0 Å². The summed E-state index contributed by atoms with van der Waals surface area (Å²) in [6.07, 6.45) is 7.59. The molecule has 2 N–H and O–H groups in total. The summed E-state index contributed by atoms with van der Waals surface area (Å²) in [5.74, 6) is -0.0716. The van der Waals surface area contributed by atoms with Crippen molar-refractivity contribution in [3.05, 3.63) is 112 Å². The van der Waals surface area contributed by atoms with Crippen molar-refractivity contribution in [2.75, 3.05) is 0 Å². The third-order valence-electron chi connectivity index (χ3n) is 7.03. The number of hydrogen-bond acceptors (Lipinski definition) is 5. The third kappa shape index (κ3) is 9.07. The Morgan fingerprint density at radius 3 is 2.37 bits per heavy atom. The summed E-state index contributed by atoms with van der Waals surface area (Å²) < 4.78 is 11.3. The number of hydrogen-bond donors (Lipinski definition) is 2. The topological polar surface area (TPSA) is 105 Å². The number of carboxylic acid groups (broad SMARTS) is 1. The van der Waals surface area contributed by atoms with Crippen LogP contribution < -0.4 is 10.5 Å². The normalized spacial score (nSPS) is 12.5. The molecule has 0 radical (unpaired) electrons. The molecule has 1 atom stereocenters. The van der Waals surface area contributed by atoms with Gasteiger partial charge in [-0.1, -0.05) is 93.9 Å². The van der Waals surface area contributed by atoms with Gasteiger partial charge in [0.25, 0.3) is 0 Å². The highest BCUT2D eigenvalue weighted by molar-refractivity contribution is 5.66. The fraction of sp³-hybridized carbons (Fsp3) is 0.324. The Morgan fingerprint density at radius 2 is 1.71 bits per heavy atom. The van der Waals surface area contributed by atoms with Gasteiger partial charge in [0.15, 0.2) is 0 Å². The number of rotatable bonds is 13. The van der Waals surface area contributed by atoms with Crippen LogP contribution in [0.3, 0.4) is 0 Å². The van der Waals surface area contributed by atoms with Crippen molar-refractivity contribution in [1.29, 1.82) is 0 Å². The molecule has 0 saturated heterocycles. The lowest BCUT2D eigenvalue weighted by Gasteiger charge is -2.19. The largest absolute Gasteiger partial charge is 0.488 e. The molecule has 214 valence electrons. The summed E-state index contributed by atoms with van der Waals surface area (Å²) in [4.78, 5) is 22.3. The Bertz CT molecular complexity index is 1490. The number of nitrogens with one attached hydrogen (secondary N) is 1. The molecule has 41 heavy (non-hydrogen) atoms. The molecule has 0 spiro atoms. The van der Waals surface area contributed by atoms with Crippen molar-refractivity contribution in [2.45, 2.75) is 64.9 Å². The highest BCUT2D eigenvalue weighted by atomic mass is 16.5. The molecule has 1 heterocycles. The van der Waals surface area contributed by atoms with E-state index in [1.807, 2.05) is 48.5 Å². The summed E-state index contributed by atoms with van der Waals surface area (Å²) in [5.41, 5.74) is 5.37. The molecule has 0 aliphatic heterocycles. The summed E-state index contributed by atoms with van der Waals surface area (Å²) in [6, 6.07) is 24.4. The predicted octanol–water partition coefficient (Wildman–Crippen LogP) is 7.42. The zero-order valence-corrected chi connectivity index (χ0v) is 23.9. The molecule has 7 nitrogen and oxygen atoms in total. The van der Waals surface area contributed by atoms with E-state index in [0.29, 0.717) is 13.0 Å². The number of aromatic nitrogens is 2. The van der Waals surface area contributed by atoms with Crippen LogP contribution in [0.2, 0.25) is 0 Å².